The van der Waals surface area contributed by atoms with Gasteiger partial charge in [0.1, 0.15) is 6.26 Å². The van der Waals surface area contributed by atoms with E-state index in [2.05, 4.69) is 15.0 Å². The lowest BCUT2D eigenvalue weighted by atomic mass is 9.98. The number of aromatic nitrogens is 2. The summed E-state index contributed by atoms with van der Waals surface area (Å²) in [5.74, 6) is 2.54. The van der Waals surface area contributed by atoms with E-state index in [0.717, 1.165) is 30.6 Å². The van der Waals surface area contributed by atoms with Crippen molar-refractivity contribution < 1.29 is 13.7 Å². The van der Waals surface area contributed by atoms with Crippen LogP contribution in [0.3, 0.4) is 0 Å². The highest BCUT2D eigenvalue weighted by Crippen LogP contribution is 2.37. The Morgan fingerprint density at radius 1 is 1.28 bits per heavy atom. The molecule has 3 fully saturated rings. The minimum atomic E-state index is 0.000111. The SMILES string of the molecule is O=C(c1ccoc1)N1CC(c2noc(C3CCCN3CC3CC3)n2)C1. The first kappa shape index (κ1) is 15.1. The molecule has 3 aliphatic rings. The molecule has 1 atom stereocenters. The molecule has 0 radical (unpaired) electrons. The van der Waals surface area contributed by atoms with Crippen LogP contribution in [-0.4, -0.2) is 52.0 Å². The third kappa shape index (κ3) is 2.86. The second kappa shape index (κ2) is 5.98. The highest BCUT2D eigenvalue weighted by Gasteiger charge is 2.38. The standard InChI is InChI=1S/C18H22N4O3/c23-18(13-5-7-24-11-13)22-9-14(10-22)16-19-17(25-20-16)15-2-1-6-21(15)8-12-3-4-12/h5,7,11-12,14-15H,1-4,6,8-10H2. The number of carbonyl (C=O) groups excluding carboxylic acids is 1. The fraction of sp³-hybridized carbons (Fsp3) is 0.611. The molecule has 0 spiro atoms. The van der Waals surface area contributed by atoms with Gasteiger partial charge in [0.25, 0.3) is 5.91 Å². The van der Waals surface area contributed by atoms with Crippen molar-refractivity contribution in [2.24, 2.45) is 5.92 Å². The van der Waals surface area contributed by atoms with Crippen molar-refractivity contribution >= 4 is 5.91 Å². The summed E-state index contributed by atoms with van der Waals surface area (Å²) < 4.78 is 10.6. The number of likely N-dealkylation sites (tertiary alicyclic amines) is 2. The number of nitrogens with zero attached hydrogens (tertiary/aromatic N) is 4. The summed E-state index contributed by atoms with van der Waals surface area (Å²) in [6.07, 6.45) is 8.03. The minimum absolute atomic E-state index is 0.000111. The Morgan fingerprint density at radius 3 is 2.92 bits per heavy atom. The van der Waals surface area contributed by atoms with Crippen LogP contribution in [0, 0.1) is 5.92 Å². The third-order valence-corrected chi connectivity index (χ3v) is 5.60. The van der Waals surface area contributed by atoms with Gasteiger partial charge < -0.3 is 13.8 Å². The molecule has 0 N–H and O–H groups in total. The molecule has 1 unspecified atom stereocenters. The first-order valence-corrected chi connectivity index (χ1v) is 9.17. The van der Waals surface area contributed by atoms with Gasteiger partial charge in [-0.25, -0.2) is 0 Å². The van der Waals surface area contributed by atoms with Gasteiger partial charge >= 0.3 is 0 Å². The zero-order valence-corrected chi connectivity index (χ0v) is 14.1. The largest absolute Gasteiger partial charge is 0.472 e. The predicted molar refractivity (Wildman–Crippen MR) is 87.9 cm³/mol. The van der Waals surface area contributed by atoms with Crippen LogP contribution < -0.4 is 0 Å². The van der Waals surface area contributed by atoms with E-state index in [-0.39, 0.29) is 17.9 Å². The Bertz CT molecular complexity index is 746. The number of hydrogen-bond donors (Lipinski definition) is 0. The van der Waals surface area contributed by atoms with Crippen LogP contribution in [0.2, 0.25) is 0 Å². The van der Waals surface area contributed by atoms with Gasteiger partial charge in [-0.05, 0) is 44.2 Å². The van der Waals surface area contributed by atoms with E-state index < -0.39 is 0 Å². The molecular weight excluding hydrogens is 320 g/mol. The van der Waals surface area contributed by atoms with Crippen LogP contribution in [0.4, 0.5) is 0 Å². The number of carbonyl (C=O) groups is 1. The molecule has 1 amide bonds. The first-order valence-electron chi connectivity index (χ1n) is 9.17. The van der Waals surface area contributed by atoms with Crippen LogP contribution in [0.25, 0.3) is 0 Å². The van der Waals surface area contributed by atoms with Gasteiger partial charge in [0, 0.05) is 19.6 Å². The molecule has 4 heterocycles. The fourth-order valence-electron chi connectivity index (χ4n) is 3.88. The maximum atomic E-state index is 12.2. The molecular formula is C18H22N4O3. The number of hydrogen-bond acceptors (Lipinski definition) is 6. The lowest BCUT2D eigenvalue weighted by molar-refractivity contribution is 0.0591. The van der Waals surface area contributed by atoms with E-state index in [4.69, 9.17) is 8.94 Å². The average molecular weight is 342 g/mol. The molecule has 1 aliphatic carbocycles. The number of furan rings is 1. The van der Waals surface area contributed by atoms with Gasteiger partial charge in [-0.2, -0.15) is 4.98 Å². The van der Waals surface area contributed by atoms with E-state index in [1.54, 1.807) is 11.0 Å². The van der Waals surface area contributed by atoms with Crippen molar-refractivity contribution in [1.29, 1.82) is 0 Å². The Labute approximate surface area is 146 Å². The molecule has 7 nitrogen and oxygen atoms in total. The zero-order chi connectivity index (χ0) is 16.8. The summed E-state index contributed by atoms with van der Waals surface area (Å²) in [5, 5.41) is 4.20. The van der Waals surface area contributed by atoms with Gasteiger partial charge in [0.05, 0.1) is 23.8 Å². The molecule has 5 rings (SSSR count). The van der Waals surface area contributed by atoms with Crippen molar-refractivity contribution in [2.75, 3.05) is 26.2 Å². The van der Waals surface area contributed by atoms with Crippen LogP contribution >= 0.6 is 0 Å². The van der Waals surface area contributed by atoms with Gasteiger partial charge in [0.15, 0.2) is 5.82 Å². The molecule has 7 heteroatoms. The second-order valence-electron chi connectivity index (χ2n) is 7.51. The van der Waals surface area contributed by atoms with Crippen LogP contribution in [0.5, 0.6) is 0 Å². The second-order valence-corrected chi connectivity index (χ2v) is 7.51. The summed E-state index contributed by atoms with van der Waals surface area (Å²) in [7, 11) is 0. The van der Waals surface area contributed by atoms with Gasteiger partial charge in [-0.1, -0.05) is 5.16 Å². The molecule has 0 aromatic carbocycles. The van der Waals surface area contributed by atoms with Gasteiger partial charge in [-0.15, -0.1) is 0 Å². The summed E-state index contributed by atoms with van der Waals surface area (Å²) >= 11 is 0. The molecule has 2 aromatic rings. The van der Waals surface area contributed by atoms with Crippen molar-refractivity contribution in [3.63, 3.8) is 0 Å². The summed E-state index contributed by atoms with van der Waals surface area (Å²) in [4.78, 5) is 21.2. The quantitative estimate of drug-likeness (QED) is 0.831. The Hall–Kier alpha value is -2.15. The first-order chi connectivity index (χ1) is 12.3. The van der Waals surface area contributed by atoms with Gasteiger partial charge in [0.2, 0.25) is 5.89 Å². The number of rotatable bonds is 5. The highest BCUT2D eigenvalue weighted by molar-refractivity contribution is 5.94. The Morgan fingerprint density at radius 2 is 2.16 bits per heavy atom. The van der Waals surface area contributed by atoms with Crippen molar-refractivity contribution in [3.8, 4) is 0 Å². The molecule has 2 aliphatic heterocycles. The number of amides is 1. The maximum Gasteiger partial charge on any atom is 0.257 e. The fourth-order valence-corrected chi connectivity index (χ4v) is 3.88. The molecule has 2 aromatic heterocycles. The molecule has 2 saturated heterocycles. The third-order valence-electron chi connectivity index (χ3n) is 5.60. The predicted octanol–water partition coefficient (Wildman–Crippen LogP) is 2.45. The monoisotopic (exact) mass is 342 g/mol. The summed E-state index contributed by atoms with van der Waals surface area (Å²) in [6.45, 7) is 3.58. The lowest BCUT2D eigenvalue weighted by Gasteiger charge is -2.37. The molecule has 25 heavy (non-hydrogen) atoms. The normalized spacial score (nSPS) is 24.6. The topological polar surface area (TPSA) is 75.6 Å². The van der Waals surface area contributed by atoms with Crippen LogP contribution in [0.15, 0.2) is 27.5 Å². The van der Waals surface area contributed by atoms with E-state index >= 15 is 0 Å². The van der Waals surface area contributed by atoms with E-state index in [1.807, 2.05) is 0 Å². The highest BCUT2D eigenvalue weighted by atomic mass is 16.5. The Balaban J connectivity index is 1.21. The lowest BCUT2D eigenvalue weighted by Crippen LogP contribution is -2.48. The zero-order valence-electron chi connectivity index (χ0n) is 14.1. The molecule has 1 saturated carbocycles. The van der Waals surface area contributed by atoms with Crippen LogP contribution in [0.1, 0.15) is 59.7 Å². The van der Waals surface area contributed by atoms with Crippen molar-refractivity contribution in [1.82, 2.24) is 19.9 Å². The van der Waals surface area contributed by atoms with E-state index in [1.165, 1.54) is 38.3 Å². The van der Waals surface area contributed by atoms with Crippen molar-refractivity contribution in [3.05, 3.63) is 35.9 Å². The molecule has 132 valence electrons. The molecule has 0 bridgehead atoms. The van der Waals surface area contributed by atoms with E-state index in [9.17, 15) is 4.79 Å². The Kier molecular flexibility index (Phi) is 3.62. The average Bonchev–Trinajstić information content (AvgIpc) is 3.02. The summed E-state index contributed by atoms with van der Waals surface area (Å²) in [6, 6.07) is 1.97. The smallest absolute Gasteiger partial charge is 0.257 e. The summed E-state index contributed by atoms with van der Waals surface area (Å²) in [5.41, 5.74) is 0.592. The minimum Gasteiger partial charge on any atom is -0.472 e. The van der Waals surface area contributed by atoms with Crippen LogP contribution in [-0.2, 0) is 0 Å². The van der Waals surface area contributed by atoms with E-state index in [0.29, 0.717) is 18.7 Å². The maximum absolute atomic E-state index is 12.2. The van der Waals surface area contributed by atoms with Gasteiger partial charge in [-0.3, -0.25) is 9.69 Å². The van der Waals surface area contributed by atoms with Crippen molar-refractivity contribution in [2.45, 2.75) is 37.6 Å².